The van der Waals surface area contributed by atoms with Crippen LogP contribution >= 0.6 is 38.9 Å². The minimum atomic E-state index is -2.74. The molecule has 0 atom stereocenters. The van der Waals surface area contributed by atoms with Crippen LogP contribution in [0.5, 0.6) is 0 Å². The Morgan fingerprint density at radius 3 is 2.75 bits per heavy atom. The third kappa shape index (κ3) is 3.89. The summed E-state index contributed by atoms with van der Waals surface area (Å²) in [6.07, 6.45) is -2.74. The summed E-state index contributed by atoms with van der Waals surface area (Å²) in [5.41, 5.74) is 0.494. The molecular weight excluding hydrogens is 480 g/mol. The first kappa shape index (κ1) is 20.7. The average Bonchev–Trinajstić information content (AvgIpc) is 3.12. The molecule has 148 valence electrons. The quantitative estimate of drug-likeness (QED) is 0.498. The lowest BCUT2D eigenvalue weighted by Gasteiger charge is -2.07. The molecule has 28 heavy (non-hydrogen) atoms. The number of thiophene rings is 1. The van der Waals surface area contributed by atoms with Crippen molar-refractivity contribution in [3.05, 3.63) is 44.0 Å². The molecule has 0 spiro atoms. The Hall–Kier alpha value is -2.04. The standard InChI is InChI=1S/C17H13BrClF2N3O3S/c1-7-12(18)14(16(20)21)23-24(7)6-11(25)22-8-3-4-9-10(5-8)28-15(13(9)19)17(26)27-2/h3-5,16H,6H2,1-2H3,(H,22,25). The van der Waals surface area contributed by atoms with E-state index >= 15 is 0 Å². The third-order valence-corrected chi connectivity index (χ3v) is 6.56. The van der Waals surface area contributed by atoms with Crippen LogP contribution in [0.15, 0.2) is 22.7 Å². The van der Waals surface area contributed by atoms with Crippen molar-refractivity contribution in [3.63, 3.8) is 0 Å². The number of benzene rings is 1. The molecule has 1 amide bonds. The fourth-order valence-corrected chi connectivity index (χ4v) is 4.47. The maximum absolute atomic E-state index is 12.9. The maximum atomic E-state index is 12.9. The molecule has 2 heterocycles. The Bertz CT molecular complexity index is 1080. The Morgan fingerprint density at radius 2 is 2.14 bits per heavy atom. The predicted molar refractivity (Wildman–Crippen MR) is 106 cm³/mol. The first-order chi connectivity index (χ1) is 13.2. The lowest BCUT2D eigenvalue weighted by atomic mass is 10.2. The Kier molecular flexibility index (Phi) is 6.01. The summed E-state index contributed by atoms with van der Waals surface area (Å²) in [5.74, 6) is -0.972. The average molecular weight is 493 g/mol. The lowest BCUT2D eigenvalue weighted by molar-refractivity contribution is -0.117. The van der Waals surface area contributed by atoms with Crippen LogP contribution in [0, 0.1) is 6.92 Å². The van der Waals surface area contributed by atoms with E-state index in [1.165, 1.54) is 11.8 Å². The SMILES string of the molecule is COC(=O)c1sc2cc(NC(=O)Cn3nc(C(F)F)c(Br)c3C)ccc2c1Cl. The molecule has 1 aromatic carbocycles. The van der Waals surface area contributed by atoms with Gasteiger partial charge in [-0.1, -0.05) is 11.6 Å². The van der Waals surface area contributed by atoms with Gasteiger partial charge in [0.2, 0.25) is 5.91 Å². The molecule has 6 nitrogen and oxygen atoms in total. The van der Waals surface area contributed by atoms with Crippen LogP contribution in [-0.2, 0) is 16.1 Å². The molecule has 0 radical (unpaired) electrons. The first-order valence-corrected chi connectivity index (χ1v) is 9.82. The van der Waals surface area contributed by atoms with Gasteiger partial charge in [-0.2, -0.15) is 5.10 Å². The van der Waals surface area contributed by atoms with Crippen LogP contribution in [0.25, 0.3) is 10.1 Å². The molecular formula is C17H13BrClF2N3O3S. The number of methoxy groups -OCH3 is 1. The molecule has 0 aliphatic rings. The van der Waals surface area contributed by atoms with Crippen LogP contribution in [0.4, 0.5) is 14.5 Å². The largest absolute Gasteiger partial charge is 0.465 e. The number of carbonyl (C=O) groups excluding carboxylic acids is 2. The van der Waals surface area contributed by atoms with Crippen molar-refractivity contribution < 1.29 is 23.1 Å². The highest BCUT2D eigenvalue weighted by atomic mass is 79.9. The molecule has 0 bridgehead atoms. The number of esters is 1. The van der Waals surface area contributed by atoms with Gasteiger partial charge < -0.3 is 10.1 Å². The van der Waals surface area contributed by atoms with Crippen LogP contribution in [-0.4, -0.2) is 28.8 Å². The summed E-state index contributed by atoms with van der Waals surface area (Å²) in [4.78, 5) is 24.3. The molecule has 0 saturated heterocycles. The van der Waals surface area contributed by atoms with Gasteiger partial charge >= 0.3 is 5.97 Å². The number of amides is 1. The van der Waals surface area contributed by atoms with E-state index in [1.54, 1.807) is 25.1 Å². The van der Waals surface area contributed by atoms with Crippen molar-refractivity contribution in [2.45, 2.75) is 19.9 Å². The van der Waals surface area contributed by atoms with E-state index in [0.717, 1.165) is 11.3 Å². The molecule has 0 unspecified atom stereocenters. The van der Waals surface area contributed by atoms with E-state index < -0.39 is 24.0 Å². The Morgan fingerprint density at radius 1 is 1.43 bits per heavy atom. The van der Waals surface area contributed by atoms with E-state index in [9.17, 15) is 18.4 Å². The number of fused-ring (bicyclic) bond motifs is 1. The molecule has 11 heteroatoms. The number of hydrogen-bond acceptors (Lipinski definition) is 5. The van der Waals surface area contributed by atoms with Gasteiger partial charge in [0.1, 0.15) is 17.1 Å². The third-order valence-electron chi connectivity index (χ3n) is 3.94. The van der Waals surface area contributed by atoms with E-state index in [4.69, 9.17) is 16.3 Å². The molecule has 0 saturated carbocycles. The molecule has 0 fully saturated rings. The summed E-state index contributed by atoms with van der Waals surface area (Å²) in [5, 5.41) is 7.42. The summed E-state index contributed by atoms with van der Waals surface area (Å²) >= 11 is 10.4. The van der Waals surface area contributed by atoms with Gasteiger partial charge in [0.05, 0.1) is 22.3 Å². The second-order valence-corrected chi connectivity index (χ2v) is 7.96. The van der Waals surface area contributed by atoms with Gasteiger partial charge in [-0.15, -0.1) is 11.3 Å². The minimum absolute atomic E-state index is 0.181. The smallest absolute Gasteiger partial charge is 0.349 e. The second kappa shape index (κ2) is 8.14. The van der Waals surface area contributed by atoms with Crippen molar-refractivity contribution in [1.29, 1.82) is 0 Å². The molecule has 1 N–H and O–H groups in total. The number of aromatic nitrogens is 2. The van der Waals surface area contributed by atoms with Crippen molar-refractivity contribution in [2.24, 2.45) is 0 Å². The molecule has 0 aliphatic carbocycles. The number of carbonyl (C=O) groups is 2. The Labute approximate surface area is 175 Å². The number of anilines is 1. The van der Waals surface area contributed by atoms with Crippen molar-refractivity contribution in [2.75, 3.05) is 12.4 Å². The number of ether oxygens (including phenoxy) is 1. The maximum Gasteiger partial charge on any atom is 0.349 e. The van der Waals surface area contributed by atoms with E-state index in [2.05, 4.69) is 26.3 Å². The fourth-order valence-electron chi connectivity index (χ4n) is 2.54. The zero-order valence-electron chi connectivity index (χ0n) is 14.6. The van der Waals surface area contributed by atoms with Gasteiger partial charge in [0.25, 0.3) is 6.43 Å². The zero-order chi connectivity index (χ0) is 20.6. The van der Waals surface area contributed by atoms with Gasteiger partial charge in [0.15, 0.2) is 0 Å². The predicted octanol–water partition coefficient (Wildman–Crippen LogP) is 5.19. The normalized spacial score (nSPS) is 11.2. The second-order valence-electron chi connectivity index (χ2n) is 5.74. The van der Waals surface area contributed by atoms with Crippen molar-refractivity contribution in [1.82, 2.24) is 9.78 Å². The number of halogens is 4. The number of alkyl halides is 2. The summed E-state index contributed by atoms with van der Waals surface area (Å²) in [6.45, 7) is 1.36. The highest BCUT2D eigenvalue weighted by Crippen LogP contribution is 2.37. The number of rotatable bonds is 5. The molecule has 3 aromatic rings. The number of nitrogens with one attached hydrogen (secondary N) is 1. The van der Waals surface area contributed by atoms with E-state index in [0.29, 0.717) is 26.5 Å². The van der Waals surface area contributed by atoms with Crippen LogP contribution in [0.2, 0.25) is 5.02 Å². The lowest BCUT2D eigenvalue weighted by Crippen LogP contribution is -2.20. The zero-order valence-corrected chi connectivity index (χ0v) is 17.7. The highest BCUT2D eigenvalue weighted by molar-refractivity contribution is 9.10. The number of nitrogens with zero attached hydrogens (tertiary/aromatic N) is 2. The van der Waals surface area contributed by atoms with Crippen LogP contribution in [0.1, 0.15) is 27.5 Å². The summed E-state index contributed by atoms with van der Waals surface area (Å²) in [6, 6.07) is 4.99. The van der Waals surface area contributed by atoms with Gasteiger partial charge in [-0.25, -0.2) is 13.6 Å². The van der Waals surface area contributed by atoms with E-state index in [-0.39, 0.29) is 15.9 Å². The van der Waals surface area contributed by atoms with Crippen molar-refractivity contribution >= 4 is 66.5 Å². The Balaban J connectivity index is 1.80. The molecule has 3 rings (SSSR count). The topological polar surface area (TPSA) is 73.2 Å². The van der Waals surface area contributed by atoms with Gasteiger partial charge in [-0.3, -0.25) is 9.48 Å². The monoisotopic (exact) mass is 491 g/mol. The number of hydrogen-bond donors (Lipinski definition) is 1. The van der Waals surface area contributed by atoms with Crippen LogP contribution in [0.3, 0.4) is 0 Å². The van der Waals surface area contributed by atoms with Crippen LogP contribution < -0.4 is 5.32 Å². The first-order valence-electron chi connectivity index (χ1n) is 7.84. The minimum Gasteiger partial charge on any atom is -0.465 e. The summed E-state index contributed by atoms with van der Waals surface area (Å²) in [7, 11) is 1.27. The van der Waals surface area contributed by atoms with Gasteiger partial charge in [0, 0.05) is 15.8 Å². The van der Waals surface area contributed by atoms with E-state index in [1.807, 2.05) is 0 Å². The van der Waals surface area contributed by atoms with Gasteiger partial charge in [-0.05, 0) is 41.1 Å². The molecule has 2 aromatic heterocycles. The fraction of sp³-hybridized carbons (Fsp3) is 0.235. The highest BCUT2D eigenvalue weighted by Gasteiger charge is 2.21. The molecule has 0 aliphatic heterocycles. The van der Waals surface area contributed by atoms with Crippen molar-refractivity contribution in [3.8, 4) is 0 Å². The summed E-state index contributed by atoms with van der Waals surface area (Å²) < 4.78 is 32.6.